The molecule has 3 nitrogen and oxygen atoms in total. The number of nitrogens with two attached hydrogens (primary N) is 2. The maximum Gasteiger partial charge on any atom is 0.102 e. The zero-order valence-electron chi connectivity index (χ0n) is 7.03. The molecule has 0 fully saturated rings. The zero-order chi connectivity index (χ0) is 9.00. The Labute approximate surface area is 76.0 Å². The van der Waals surface area contributed by atoms with E-state index in [2.05, 4.69) is 12.2 Å². The lowest BCUT2D eigenvalue weighted by atomic mass is 9.96. The van der Waals surface area contributed by atoms with Gasteiger partial charge in [0.2, 0.25) is 0 Å². The van der Waals surface area contributed by atoms with E-state index in [1.165, 1.54) is 11.1 Å². The maximum absolute atomic E-state index is 5.72. The first-order valence-electron chi connectivity index (χ1n) is 4.28. The topological polar surface area (TPSA) is 61.3 Å². The molecule has 2 atom stereocenters. The van der Waals surface area contributed by atoms with Gasteiger partial charge in [-0.2, -0.15) is 0 Å². The fraction of sp³-hybridized carbons (Fsp3) is 0.200. The summed E-state index contributed by atoms with van der Waals surface area (Å²) in [4.78, 5) is 0. The van der Waals surface area contributed by atoms with Crippen LogP contribution in [0, 0.1) is 0 Å². The Kier molecular flexibility index (Phi) is 1.10. The van der Waals surface area contributed by atoms with Crippen molar-refractivity contribution in [3.05, 3.63) is 35.4 Å². The summed E-state index contributed by atoms with van der Waals surface area (Å²) in [6.45, 7) is 0. The van der Waals surface area contributed by atoms with Gasteiger partial charge >= 0.3 is 0 Å². The van der Waals surface area contributed by atoms with Crippen LogP contribution in [0.4, 0.5) is 11.4 Å². The number of ether oxygens (including phenoxy) is 1. The molecule has 2 aliphatic rings. The first-order valence-corrected chi connectivity index (χ1v) is 4.28. The van der Waals surface area contributed by atoms with E-state index in [0.717, 1.165) is 0 Å². The highest BCUT2D eigenvalue weighted by Gasteiger charge is 2.33. The Bertz CT molecular complexity index is 375. The predicted molar refractivity (Wildman–Crippen MR) is 51.0 cm³/mol. The van der Waals surface area contributed by atoms with Crippen molar-refractivity contribution in [2.45, 2.75) is 12.2 Å². The number of benzene rings is 1. The second kappa shape index (κ2) is 2.06. The Balaban J connectivity index is 2.25. The van der Waals surface area contributed by atoms with E-state index in [1.54, 1.807) is 0 Å². The Morgan fingerprint density at radius 2 is 1.38 bits per heavy atom. The van der Waals surface area contributed by atoms with E-state index in [-0.39, 0.29) is 12.2 Å². The first-order chi connectivity index (χ1) is 6.25. The van der Waals surface area contributed by atoms with Crippen LogP contribution in [-0.2, 0) is 4.74 Å². The van der Waals surface area contributed by atoms with Gasteiger partial charge in [0.25, 0.3) is 0 Å². The summed E-state index contributed by atoms with van der Waals surface area (Å²) in [7, 11) is 0. The quantitative estimate of drug-likeness (QED) is 0.463. The molecule has 66 valence electrons. The molecule has 2 unspecified atom stereocenters. The van der Waals surface area contributed by atoms with E-state index >= 15 is 0 Å². The highest BCUT2D eigenvalue weighted by atomic mass is 16.5. The molecule has 0 aromatic heterocycles. The molecule has 3 heteroatoms. The van der Waals surface area contributed by atoms with Gasteiger partial charge in [-0.1, -0.05) is 12.2 Å². The second-order valence-corrected chi connectivity index (χ2v) is 3.47. The Hall–Kier alpha value is -1.48. The van der Waals surface area contributed by atoms with Crippen LogP contribution in [0.5, 0.6) is 0 Å². The third-order valence-corrected chi connectivity index (χ3v) is 2.66. The van der Waals surface area contributed by atoms with E-state index in [1.807, 2.05) is 12.1 Å². The van der Waals surface area contributed by atoms with Crippen LogP contribution in [0.2, 0.25) is 0 Å². The summed E-state index contributed by atoms with van der Waals surface area (Å²) < 4.78 is 5.63. The number of rotatable bonds is 0. The van der Waals surface area contributed by atoms with Crippen LogP contribution in [0.1, 0.15) is 23.3 Å². The monoisotopic (exact) mass is 174 g/mol. The van der Waals surface area contributed by atoms with Crippen LogP contribution in [-0.4, -0.2) is 0 Å². The minimum atomic E-state index is 0.0999. The minimum Gasteiger partial charge on any atom is -0.397 e. The molecule has 0 aliphatic carbocycles. The molecule has 1 aromatic carbocycles. The predicted octanol–water partition coefficient (Wildman–Crippen LogP) is 1.53. The van der Waals surface area contributed by atoms with Crippen molar-refractivity contribution < 1.29 is 4.74 Å². The molecule has 2 bridgehead atoms. The number of hydrogen-bond donors (Lipinski definition) is 2. The van der Waals surface area contributed by atoms with Crippen molar-refractivity contribution in [1.82, 2.24) is 0 Å². The lowest BCUT2D eigenvalue weighted by Gasteiger charge is -2.09. The van der Waals surface area contributed by atoms with E-state index in [4.69, 9.17) is 16.2 Å². The lowest BCUT2D eigenvalue weighted by molar-refractivity contribution is 0.0879. The van der Waals surface area contributed by atoms with Crippen LogP contribution >= 0.6 is 0 Å². The van der Waals surface area contributed by atoms with Gasteiger partial charge in [0, 0.05) is 0 Å². The average molecular weight is 174 g/mol. The summed E-state index contributed by atoms with van der Waals surface area (Å²) in [5.74, 6) is 0. The fourth-order valence-corrected chi connectivity index (χ4v) is 1.97. The van der Waals surface area contributed by atoms with Crippen molar-refractivity contribution in [2.24, 2.45) is 0 Å². The van der Waals surface area contributed by atoms with Crippen molar-refractivity contribution in [3.8, 4) is 0 Å². The van der Waals surface area contributed by atoms with Crippen molar-refractivity contribution in [2.75, 3.05) is 11.5 Å². The summed E-state index contributed by atoms with van der Waals surface area (Å²) in [5.41, 5.74) is 15.1. The molecule has 0 saturated carbocycles. The third kappa shape index (κ3) is 0.769. The van der Waals surface area contributed by atoms with Gasteiger partial charge in [-0.3, -0.25) is 0 Å². The van der Waals surface area contributed by atoms with Gasteiger partial charge < -0.3 is 16.2 Å². The number of fused-ring (bicyclic) bond motifs is 5. The van der Waals surface area contributed by atoms with Gasteiger partial charge in [-0.25, -0.2) is 0 Å². The fourth-order valence-electron chi connectivity index (χ4n) is 1.97. The maximum atomic E-state index is 5.72. The SMILES string of the molecule is Nc1cc2c(cc1N)C1C=CC2O1. The summed E-state index contributed by atoms with van der Waals surface area (Å²) in [5, 5.41) is 0. The normalized spacial score (nSPS) is 28.0. The second-order valence-electron chi connectivity index (χ2n) is 3.47. The molecule has 4 N–H and O–H groups in total. The summed E-state index contributed by atoms with van der Waals surface area (Å²) >= 11 is 0. The number of anilines is 2. The molecule has 2 heterocycles. The summed E-state index contributed by atoms with van der Waals surface area (Å²) in [6.07, 6.45) is 4.32. The molecule has 0 saturated heterocycles. The molecular formula is C10H10N2O. The van der Waals surface area contributed by atoms with Gasteiger partial charge in [-0.05, 0) is 23.3 Å². The van der Waals surface area contributed by atoms with Gasteiger partial charge in [0.15, 0.2) is 0 Å². The molecular weight excluding hydrogens is 164 g/mol. The van der Waals surface area contributed by atoms with Gasteiger partial charge in [-0.15, -0.1) is 0 Å². The molecule has 0 spiro atoms. The average Bonchev–Trinajstić information content (AvgIpc) is 2.67. The molecule has 3 rings (SSSR count). The van der Waals surface area contributed by atoms with Crippen LogP contribution < -0.4 is 11.5 Å². The van der Waals surface area contributed by atoms with Crippen molar-refractivity contribution >= 4 is 11.4 Å². The highest BCUT2D eigenvalue weighted by Crippen LogP contribution is 2.47. The van der Waals surface area contributed by atoms with Crippen LogP contribution in [0.15, 0.2) is 24.3 Å². The Morgan fingerprint density at radius 3 is 1.85 bits per heavy atom. The van der Waals surface area contributed by atoms with E-state index in [9.17, 15) is 0 Å². The standard InChI is InChI=1S/C10H10N2O/c11-7-3-5-6(4-8(7)12)10-2-1-9(5)13-10/h1-4,9-10H,11-12H2. The molecule has 0 radical (unpaired) electrons. The van der Waals surface area contributed by atoms with Crippen LogP contribution in [0.25, 0.3) is 0 Å². The largest absolute Gasteiger partial charge is 0.397 e. The molecule has 1 aromatic rings. The third-order valence-electron chi connectivity index (χ3n) is 2.66. The zero-order valence-corrected chi connectivity index (χ0v) is 7.03. The van der Waals surface area contributed by atoms with E-state index < -0.39 is 0 Å². The van der Waals surface area contributed by atoms with Crippen molar-refractivity contribution in [3.63, 3.8) is 0 Å². The molecule has 13 heavy (non-hydrogen) atoms. The number of hydrogen-bond acceptors (Lipinski definition) is 3. The highest BCUT2D eigenvalue weighted by molar-refractivity contribution is 5.68. The van der Waals surface area contributed by atoms with Gasteiger partial charge in [0.05, 0.1) is 11.4 Å². The number of nitrogen functional groups attached to an aromatic ring is 2. The summed E-state index contributed by atoms with van der Waals surface area (Å²) in [6, 6.07) is 3.83. The first kappa shape index (κ1) is 6.97. The molecule has 2 aliphatic heterocycles. The van der Waals surface area contributed by atoms with E-state index in [0.29, 0.717) is 11.4 Å². The van der Waals surface area contributed by atoms with Gasteiger partial charge in [0.1, 0.15) is 12.2 Å². The lowest BCUT2D eigenvalue weighted by Crippen LogP contribution is -2.00. The smallest absolute Gasteiger partial charge is 0.102 e. The van der Waals surface area contributed by atoms with Crippen LogP contribution in [0.3, 0.4) is 0 Å². The Morgan fingerprint density at radius 1 is 0.923 bits per heavy atom. The minimum absolute atomic E-state index is 0.0999. The van der Waals surface area contributed by atoms with Crippen molar-refractivity contribution in [1.29, 1.82) is 0 Å². The molecule has 0 amide bonds.